The van der Waals surface area contributed by atoms with Crippen molar-refractivity contribution in [1.82, 2.24) is 24.6 Å². The second-order valence-electron chi connectivity index (χ2n) is 6.29. The van der Waals surface area contributed by atoms with E-state index in [-0.39, 0.29) is 17.5 Å². The first-order valence-electron chi connectivity index (χ1n) is 8.44. The quantitative estimate of drug-likeness (QED) is 0.776. The van der Waals surface area contributed by atoms with Gasteiger partial charge >= 0.3 is 5.69 Å². The number of carbonyl (C=O) groups is 1. The summed E-state index contributed by atoms with van der Waals surface area (Å²) in [7, 11) is 0. The van der Waals surface area contributed by atoms with Crippen molar-refractivity contribution < 1.29 is 9.32 Å². The third-order valence-corrected chi connectivity index (χ3v) is 4.82. The molecule has 1 amide bonds. The monoisotopic (exact) mass is 341 g/mol. The highest BCUT2D eigenvalue weighted by molar-refractivity contribution is 5.77. The number of benzene rings is 1. The van der Waals surface area contributed by atoms with Crippen LogP contribution in [0.25, 0.3) is 11.0 Å². The number of aryl methyl sites for hydroxylation is 1. The second-order valence-corrected chi connectivity index (χ2v) is 6.29. The van der Waals surface area contributed by atoms with Crippen molar-refractivity contribution in [2.75, 3.05) is 13.1 Å². The summed E-state index contributed by atoms with van der Waals surface area (Å²) in [4.78, 5) is 33.3. The van der Waals surface area contributed by atoms with Crippen LogP contribution in [-0.4, -0.2) is 43.6 Å². The molecule has 0 radical (unpaired) electrons. The summed E-state index contributed by atoms with van der Waals surface area (Å²) in [5.41, 5.74) is 1.45. The second kappa shape index (κ2) is 6.54. The van der Waals surface area contributed by atoms with Gasteiger partial charge in [-0.2, -0.15) is 4.98 Å². The molecular formula is C17H19N5O3. The van der Waals surface area contributed by atoms with Crippen LogP contribution in [0.1, 0.15) is 31.0 Å². The Kier molecular flexibility index (Phi) is 4.09. The van der Waals surface area contributed by atoms with Gasteiger partial charge in [0.25, 0.3) is 0 Å². The number of hydrogen-bond donors (Lipinski definition) is 1. The number of hydrogen-bond acceptors (Lipinski definition) is 5. The van der Waals surface area contributed by atoms with Crippen molar-refractivity contribution in [3.05, 3.63) is 47.0 Å². The van der Waals surface area contributed by atoms with E-state index in [1.54, 1.807) is 4.57 Å². The molecule has 130 valence electrons. The predicted molar refractivity (Wildman–Crippen MR) is 90.0 cm³/mol. The largest absolute Gasteiger partial charge is 0.343 e. The fourth-order valence-corrected chi connectivity index (χ4v) is 3.44. The van der Waals surface area contributed by atoms with Gasteiger partial charge in [-0.05, 0) is 25.0 Å². The van der Waals surface area contributed by atoms with E-state index in [0.29, 0.717) is 26.1 Å². The van der Waals surface area contributed by atoms with E-state index in [1.807, 2.05) is 29.2 Å². The Morgan fingerprint density at radius 3 is 2.84 bits per heavy atom. The molecule has 3 heterocycles. The van der Waals surface area contributed by atoms with E-state index in [4.69, 9.17) is 4.52 Å². The van der Waals surface area contributed by atoms with Gasteiger partial charge in [0.05, 0.1) is 11.0 Å². The van der Waals surface area contributed by atoms with Crippen LogP contribution in [0.2, 0.25) is 0 Å². The number of nitrogens with zero attached hydrogens (tertiary/aromatic N) is 4. The van der Waals surface area contributed by atoms with E-state index in [0.717, 1.165) is 29.7 Å². The maximum atomic E-state index is 12.5. The number of carbonyl (C=O) groups excluding carboxylic acids is 1. The molecule has 1 aromatic carbocycles. The molecule has 8 heteroatoms. The number of rotatable bonds is 4. The molecule has 1 aliphatic heterocycles. The Hall–Kier alpha value is -2.90. The van der Waals surface area contributed by atoms with Crippen molar-refractivity contribution in [2.24, 2.45) is 0 Å². The number of amides is 1. The van der Waals surface area contributed by atoms with Crippen molar-refractivity contribution >= 4 is 16.9 Å². The zero-order chi connectivity index (χ0) is 17.2. The van der Waals surface area contributed by atoms with Crippen molar-refractivity contribution in [1.29, 1.82) is 0 Å². The van der Waals surface area contributed by atoms with Crippen LogP contribution in [0.3, 0.4) is 0 Å². The number of likely N-dealkylation sites (tertiary alicyclic amines) is 1. The summed E-state index contributed by atoms with van der Waals surface area (Å²) >= 11 is 0. The van der Waals surface area contributed by atoms with Crippen LogP contribution >= 0.6 is 0 Å². The molecule has 1 fully saturated rings. The maximum absolute atomic E-state index is 12.5. The number of aromatic nitrogens is 4. The Balaban J connectivity index is 1.36. The highest BCUT2D eigenvalue weighted by atomic mass is 16.5. The minimum atomic E-state index is -0.176. The van der Waals surface area contributed by atoms with E-state index in [1.165, 1.54) is 6.39 Å². The first-order valence-corrected chi connectivity index (χ1v) is 8.44. The maximum Gasteiger partial charge on any atom is 0.326 e. The first-order chi connectivity index (χ1) is 12.2. The Morgan fingerprint density at radius 2 is 2.08 bits per heavy atom. The van der Waals surface area contributed by atoms with Gasteiger partial charge in [0.1, 0.15) is 0 Å². The fourth-order valence-electron chi connectivity index (χ4n) is 3.44. The number of imidazole rings is 1. The standard InChI is InChI=1S/C17H19N5O3/c23-15(21-8-5-12(6-9-21)16-18-11-25-20-16)7-10-22-14-4-2-1-3-13(14)19-17(22)24/h1-4,11-12H,5-10H2,(H,19,24). The highest BCUT2D eigenvalue weighted by Gasteiger charge is 2.26. The van der Waals surface area contributed by atoms with E-state index < -0.39 is 0 Å². The third-order valence-electron chi connectivity index (χ3n) is 4.82. The van der Waals surface area contributed by atoms with Gasteiger partial charge in [-0.1, -0.05) is 17.3 Å². The molecule has 0 spiro atoms. The molecule has 0 atom stereocenters. The molecule has 0 saturated carbocycles. The molecule has 0 aliphatic carbocycles. The predicted octanol–water partition coefficient (Wildman–Crippen LogP) is 1.51. The van der Waals surface area contributed by atoms with Crippen LogP contribution < -0.4 is 5.69 Å². The van der Waals surface area contributed by atoms with Crippen molar-refractivity contribution in [3.63, 3.8) is 0 Å². The number of aromatic amines is 1. The van der Waals surface area contributed by atoms with Gasteiger partial charge in [0.15, 0.2) is 5.82 Å². The molecule has 1 aliphatic rings. The lowest BCUT2D eigenvalue weighted by molar-refractivity contribution is -0.132. The summed E-state index contributed by atoms with van der Waals surface area (Å²) in [6.07, 6.45) is 3.32. The average molecular weight is 341 g/mol. The molecule has 1 N–H and O–H groups in total. The average Bonchev–Trinajstić information content (AvgIpc) is 3.27. The SMILES string of the molecule is O=C(CCn1c(=O)[nH]c2ccccc21)N1CCC(c2ncon2)CC1. The lowest BCUT2D eigenvalue weighted by Crippen LogP contribution is -2.38. The van der Waals surface area contributed by atoms with Crippen LogP contribution in [-0.2, 0) is 11.3 Å². The zero-order valence-electron chi connectivity index (χ0n) is 13.7. The fraction of sp³-hybridized carbons (Fsp3) is 0.412. The Morgan fingerprint density at radius 1 is 1.28 bits per heavy atom. The molecular weight excluding hydrogens is 322 g/mol. The molecule has 0 bridgehead atoms. The van der Waals surface area contributed by atoms with Gasteiger partial charge < -0.3 is 14.4 Å². The lowest BCUT2D eigenvalue weighted by atomic mass is 9.96. The minimum Gasteiger partial charge on any atom is -0.343 e. The normalized spacial score (nSPS) is 15.8. The molecule has 4 rings (SSSR count). The van der Waals surface area contributed by atoms with Gasteiger partial charge in [-0.25, -0.2) is 4.79 Å². The topological polar surface area (TPSA) is 97.0 Å². The summed E-state index contributed by atoms with van der Waals surface area (Å²) in [5, 5.41) is 3.89. The van der Waals surface area contributed by atoms with Crippen LogP contribution in [0.15, 0.2) is 40.0 Å². The van der Waals surface area contributed by atoms with Gasteiger partial charge in [-0.3, -0.25) is 9.36 Å². The number of para-hydroxylation sites is 2. The molecule has 1 saturated heterocycles. The highest BCUT2D eigenvalue weighted by Crippen LogP contribution is 2.25. The summed E-state index contributed by atoms with van der Waals surface area (Å²) in [6.45, 7) is 1.74. The van der Waals surface area contributed by atoms with Gasteiger partial charge in [0.2, 0.25) is 12.3 Å². The van der Waals surface area contributed by atoms with E-state index >= 15 is 0 Å². The molecule has 25 heavy (non-hydrogen) atoms. The minimum absolute atomic E-state index is 0.0729. The molecule has 0 unspecified atom stereocenters. The molecule has 2 aromatic heterocycles. The number of fused-ring (bicyclic) bond motifs is 1. The number of piperidine rings is 1. The lowest BCUT2D eigenvalue weighted by Gasteiger charge is -2.30. The van der Waals surface area contributed by atoms with Crippen molar-refractivity contribution in [3.8, 4) is 0 Å². The third kappa shape index (κ3) is 3.07. The summed E-state index contributed by atoms with van der Waals surface area (Å²) in [6, 6.07) is 7.50. The van der Waals surface area contributed by atoms with E-state index in [2.05, 4.69) is 15.1 Å². The van der Waals surface area contributed by atoms with Gasteiger partial charge in [-0.15, -0.1) is 0 Å². The molecule has 3 aromatic rings. The Labute approximate surface area is 143 Å². The van der Waals surface area contributed by atoms with Crippen LogP contribution in [0.5, 0.6) is 0 Å². The number of H-pyrrole nitrogens is 1. The number of nitrogens with one attached hydrogen (secondary N) is 1. The van der Waals surface area contributed by atoms with Crippen molar-refractivity contribution in [2.45, 2.75) is 31.7 Å². The summed E-state index contributed by atoms with van der Waals surface area (Å²) < 4.78 is 6.42. The van der Waals surface area contributed by atoms with Gasteiger partial charge in [0, 0.05) is 32.0 Å². The molecule has 8 nitrogen and oxygen atoms in total. The van der Waals surface area contributed by atoms with E-state index in [9.17, 15) is 9.59 Å². The smallest absolute Gasteiger partial charge is 0.326 e. The van der Waals surface area contributed by atoms with Crippen LogP contribution in [0.4, 0.5) is 0 Å². The zero-order valence-corrected chi connectivity index (χ0v) is 13.7. The Bertz CT molecular complexity index is 919. The van der Waals surface area contributed by atoms with Crippen LogP contribution in [0, 0.1) is 0 Å². The summed E-state index contributed by atoms with van der Waals surface area (Å²) in [5.74, 6) is 1.04. The first kappa shape index (κ1) is 15.6.